The van der Waals surface area contributed by atoms with Crippen LogP contribution in [0.5, 0.6) is 5.75 Å². The summed E-state index contributed by atoms with van der Waals surface area (Å²) in [6, 6.07) is 19.9. The van der Waals surface area contributed by atoms with E-state index in [0.29, 0.717) is 23.0 Å². The van der Waals surface area contributed by atoms with Crippen molar-refractivity contribution < 1.29 is 27.8 Å². The normalized spacial score (nSPS) is 11.4. The number of aromatic carboxylic acids is 1. The van der Waals surface area contributed by atoms with Crippen LogP contribution < -0.4 is 4.74 Å². The Kier molecular flexibility index (Phi) is 6.36. The summed E-state index contributed by atoms with van der Waals surface area (Å²) in [5.41, 5.74) is 1.02. The molecule has 0 radical (unpaired) electrons. The molecule has 4 rings (SSSR count). The standard InChI is InChI=1S/C25H20F3N3O3/c1-34-18-13-10-16(11-14-18)9-12-17-5-2-3-6-19(17)21-7-4-8-22(30-21)31-23(25(26,27)28)20(15-29-31)24(32)33/h2-8,10-11,13-15H,9,12H2,1H3,(H,32,33). The summed E-state index contributed by atoms with van der Waals surface area (Å²) in [7, 11) is 1.61. The Labute approximate surface area is 193 Å². The molecule has 0 fully saturated rings. The fourth-order valence-electron chi connectivity index (χ4n) is 3.70. The molecule has 6 nitrogen and oxygen atoms in total. The second kappa shape index (κ2) is 9.38. The average Bonchev–Trinajstić information content (AvgIpc) is 3.30. The van der Waals surface area contributed by atoms with Crippen LogP contribution in [0.25, 0.3) is 17.1 Å². The molecule has 4 aromatic rings. The van der Waals surface area contributed by atoms with Crippen LogP contribution in [0.15, 0.2) is 72.9 Å². The van der Waals surface area contributed by atoms with Gasteiger partial charge < -0.3 is 9.84 Å². The van der Waals surface area contributed by atoms with Crippen LogP contribution in [0.4, 0.5) is 13.2 Å². The predicted octanol–water partition coefficient (Wildman–Crippen LogP) is 5.45. The summed E-state index contributed by atoms with van der Waals surface area (Å²) in [4.78, 5) is 15.7. The minimum atomic E-state index is -4.92. The third kappa shape index (κ3) is 4.78. The van der Waals surface area contributed by atoms with E-state index in [1.54, 1.807) is 19.2 Å². The number of aromatic nitrogens is 3. The van der Waals surface area contributed by atoms with E-state index in [4.69, 9.17) is 9.84 Å². The van der Waals surface area contributed by atoms with Gasteiger partial charge in [0.15, 0.2) is 11.5 Å². The Morgan fingerprint density at radius 2 is 1.74 bits per heavy atom. The lowest BCUT2D eigenvalue weighted by Gasteiger charge is -2.13. The van der Waals surface area contributed by atoms with Crippen LogP contribution in [0.3, 0.4) is 0 Å². The smallest absolute Gasteiger partial charge is 0.434 e. The first-order chi connectivity index (χ1) is 16.3. The first kappa shape index (κ1) is 23.0. The zero-order valence-electron chi connectivity index (χ0n) is 18.1. The maximum atomic E-state index is 13.6. The van der Waals surface area contributed by atoms with Crippen LogP contribution in [0.1, 0.15) is 27.2 Å². The van der Waals surface area contributed by atoms with Crippen molar-refractivity contribution in [3.8, 4) is 22.8 Å². The molecule has 0 saturated carbocycles. The van der Waals surface area contributed by atoms with Gasteiger partial charge in [0.2, 0.25) is 0 Å². The van der Waals surface area contributed by atoms with Gasteiger partial charge in [-0.25, -0.2) is 14.5 Å². The maximum absolute atomic E-state index is 13.6. The third-order valence-corrected chi connectivity index (χ3v) is 5.35. The van der Waals surface area contributed by atoms with Crippen molar-refractivity contribution in [2.24, 2.45) is 0 Å². The maximum Gasteiger partial charge on any atom is 0.434 e. The number of alkyl halides is 3. The minimum absolute atomic E-state index is 0.123. The van der Waals surface area contributed by atoms with Gasteiger partial charge in [-0.1, -0.05) is 42.5 Å². The molecule has 2 heterocycles. The van der Waals surface area contributed by atoms with E-state index in [-0.39, 0.29) is 5.82 Å². The Balaban J connectivity index is 1.67. The quantitative estimate of drug-likeness (QED) is 0.391. The molecule has 0 aliphatic carbocycles. The largest absolute Gasteiger partial charge is 0.497 e. The molecule has 1 N–H and O–H groups in total. The number of nitrogens with zero attached hydrogens (tertiary/aromatic N) is 3. The van der Waals surface area contributed by atoms with Crippen molar-refractivity contribution in [2.45, 2.75) is 19.0 Å². The molecule has 0 bridgehead atoms. The summed E-state index contributed by atoms with van der Waals surface area (Å²) < 4.78 is 46.6. The number of ether oxygens (including phenoxy) is 1. The highest BCUT2D eigenvalue weighted by Gasteiger charge is 2.41. The van der Waals surface area contributed by atoms with E-state index in [1.807, 2.05) is 48.5 Å². The summed E-state index contributed by atoms with van der Waals surface area (Å²) in [6.07, 6.45) is -2.80. The van der Waals surface area contributed by atoms with Gasteiger partial charge >= 0.3 is 12.1 Å². The van der Waals surface area contributed by atoms with Crippen LogP contribution in [0, 0.1) is 0 Å². The minimum Gasteiger partial charge on any atom is -0.497 e. The number of pyridine rings is 1. The topological polar surface area (TPSA) is 77.2 Å². The molecule has 2 aromatic heterocycles. The van der Waals surface area contributed by atoms with Gasteiger partial charge in [0.1, 0.15) is 11.3 Å². The first-order valence-corrected chi connectivity index (χ1v) is 10.3. The molecule has 0 spiro atoms. The van der Waals surface area contributed by atoms with Crippen molar-refractivity contribution in [1.82, 2.24) is 14.8 Å². The van der Waals surface area contributed by atoms with Crippen LogP contribution >= 0.6 is 0 Å². The van der Waals surface area contributed by atoms with E-state index in [1.165, 1.54) is 6.07 Å². The van der Waals surface area contributed by atoms with E-state index < -0.39 is 23.4 Å². The number of methoxy groups -OCH3 is 1. The highest BCUT2D eigenvalue weighted by molar-refractivity contribution is 5.89. The molecule has 0 aliphatic rings. The van der Waals surface area contributed by atoms with Crippen molar-refractivity contribution in [2.75, 3.05) is 7.11 Å². The lowest BCUT2D eigenvalue weighted by atomic mass is 9.97. The number of hydrogen-bond donors (Lipinski definition) is 1. The van der Waals surface area contributed by atoms with Crippen LogP contribution in [-0.4, -0.2) is 33.0 Å². The number of halogens is 3. The predicted molar refractivity (Wildman–Crippen MR) is 119 cm³/mol. The number of benzene rings is 2. The third-order valence-electron chi connectivity index (χ3n) is 5.35. The van der Waals surface area contributed by atoms with Crippen molar-refractivity contribution in [3.05, 3.63) is 95.3 Å². The lowest BCUT2D eigenvalue weighted by molar-refractivity contribution is -0.143. The fourth-order valence-corrected chi connectivity index (χ4v) is 3.70. The molecule has 0 unspecified atom stereocenters. The monoisotopic (exact) mass is 467 g/mol. The Hall–Kier alpha value is -4.14. The highest BCUT2D eigenvalue weighted by atomic mass is 19.4. The molecule has 2 aromatic carbocycles. The number of carbonyl (C=O) groups is 1. The van der Waals surface area contributed by atoms with Crippen LogP contribution in [-0.2, 0) is 19.0 Å². The summed E-state index contributed by atoms with van der Waals surface area (Å²) in [5, 5.41) is 12.8. The van der Waals surface area contributed by atoms with Gasteiger partial charge in [0, 0.05) is 5.56 Å². The SMILES string of the molecule is COc1ccc(CCc2ccccc2-c2cccc(-n3ncc(C(=O)O)c3C(F)(F)F)n2)cc1. The molecular weight excluding hydrogens is 447 g/mol. The fraction of sp³-hybridized carbons (Fsp3) is 0.160. The van der Waals surface area contributed by atoms with Gasteiger partial charge in [0.05, 0.1) is 19.0 Å². The molecule has 34 heavy (non-hydrogen) atoms. The summed E-state index contributed by atoms with van der Waals surface area (Å²) >= 11 is 0. The molecule has 0 amide bonds. The Bertz CT molecular complexity index is 1310. The van der Waals surface area contributed by atoms with Gasteiger partial charge in [0.25, 0.3) is 0 Å². The molecule has 0 saturated heterocycles. The van der Waals surface area contributed by atoms with E-state index in [0.717, 1.165) is 28.9 Å². The lowest BCUT2D eigenvalue weighted by Crippen LogP contribution is -2.18. The molecule has 0 aliphatic heterocycles. The Morgan fingerprint density at radius 3 is 2.41 bits per heavy atom. The van der Waals surface area contributed by atoms with Crippen molar-refractivity contribution in [1.29, 1.82) is 0 Å². The molecular formula is C25H20F3N3O3. The van der Waals surface area contributed by atoms with Gasteiger partial charge in [-0.3, -0.25) is 0 Å². The number of rotatable bonds is 7. The van der Waals surface area contributed by atoms with E-state index >= 15 is 0 Å². The molecule has 174 valence electrons. The average molecular weight is 467 g/mol. The second-order valence-electron chi connectivity index (χ2n) is 7.51. The number of aryl methyl sites for hydroxylation is 2. The Morgan fingerprint density at radius 1 is 1.00 bits per heavy atom. The second-order valence-corrected chi connectivity index (χ2v) is 7.51. The number of hydrogen-bond acceptors (Lipinski definition) is 4. The first-order valence-electron chi connectivity index (χ1n) is 10.3. The summed E-state index contributed by atoms with van der Waals surface area (Å²) in [5.74, 6) is -1.06. The van der Waals surface area contributed by atoms with Crippen molar-refractivity contribution >= 4 is 5.97 Å². The number of carboxylic acid groups (broad SMARTS) is 1. The highest BCUT2D eigenvalue weighted by Crippen LogP contribution is 2.34. The summed E-state index contributed by atoms with van der Waals surface area (Å²) in [6.45, 7) is 0. The molecule has 9 heteroatoms. The van der Waals surface area contributed by atoms with Gasteiger partial charge in [-0.15, -0.1) is 0 Å². The van der Waals surface area contributed by atoms with Gasteiger partial charge in [-0.2, -0.15) is 18.3 Å². The molecule has 0 atom stereocenters. The van der Waals surface area contributed by atoms with Crippen LogP contribution in [0.2, 0.25) is 0 Å². The number of carboxylic acids is 1. The van der Waals surface area contributed by atoms with E-state index in [9.17, 15) is 18.0 Å². The zero-order valence-corrected chi connectivity index (χ0v) is 18.1. The van der Waals surface area contributed by atoms with Crippen molar-refractivity contribution in [3.63, 3.8) is 0 Å². The zero-order chi connectivity index (χ0) is 24.3. The van der Waals surface area contributed by atoms with E-state index in [2.05, 4.69) is 10.1 Å². The van der Waals surface area contributed by atoms with Gasteiger partial charge in [-0.05, 0) is 48.2 Å².